The number of hydrogen-bond acceptors (Lipinski definition) is 4. The highest BCUT2D eigenvalue weighted by molar-refractivity contribution is 7.99. The third-order valence-electron chi connectivity index (χ3n) is 2.45. The van der Waals surface area contributed by atoms with Crippen LogP contribution < -0.4 is 5.32 Å². The van der Waals surface area contributed by atoms with E-state index >= 15 is 0 Å². The Labute approximate surface area is 127 Å². The third-order valence-corrected chi connectivity index (χ3v) is 4.34. The normalized spacial score (nSPS) is 10.2. The Morgan fingerprint density at radius 2 is 1.90 bits per heavy atom. The number of carbonyl (C=O) groups is 2. The molecule has 1 rings (SSSR count). The summed E-state index contributed by atoms with van der Waals surface area (Å²) in [4.78, 5) is 22.1. The van der Waals surface area contributed by atoms with Crippen molar-refractivity contribution >= 4 is 35.4 Å². The van der Waals surface area contributed by atoms with Crippen molar-refractivity contribution < 1.29 is 14.7 Å². The lowest BCUT2D eigenvalue weighted by atomic mass is 10.1. The van der Waals surface area contributed by atoms with Gasteiger partial charge in [0.15, 0.2) is 0 Å². The van der Waals surface area contributed by atoms with Gasteiger partial charge in [0.1, 0.15) is 0 Å². The van der Waals surface area contributed by atoms with Gasteiger partial charge in [-0.3, -0.25) is 9.59 Å². The number of carbonyl (C=O) groups excluding carboxylic acids is 1. The summed E-state index contributed by atoms with van der Waals surface area (Å²) >= 11 is 3.14. The van der Waals surface area contributed by atoms with Crippen molar-refractivity contribution in [3.8, 4) is 0 Å². The third kappa shape index (κ3) is 6.86. The smallest absolute Gasteiger partial charge is 0.313 e. The second kappa shape index (κ2) is 9.72. The minimum Gasteiger partial charge on any atom is -0.481 e. The molecule has 110 valence electrons. The molecule has 0 aromatic heterocycles. The summed E-state index contributed by atoms with van der Waals surface area (Å²) in [6.07, 6.45) is 0. The molecule has 0 atom stereocenters. The van der Waals surface area contributed by atoms with Crippen LogP contribution in [0.3, 0.4) is 0 Å². The molecule has 1 aromatic carbocycles. The Balaban J connectivity index is 2.30. The monoisotopic (exact) mass is 313 g/mol. The highest BCUT2D eigenvalue weighted by Crippen LogP contribution is 2.12. The van der Waals surface area contributed by atoms with Gasteiger partial charge in [-0.2, -0.15) is 11.8 Å². The molecule has 2 N–H and O–H groups in total. The van der Waals surface area contributed by atoms with E-state index in [1.165, 1.54) is 17.3 Å². The lowest BCUT2D eigenvalue weighted by Crippen LogP contribution is -2.25. The number of thioether (sulfide) groups is 2. The number of carboxylic acids is 1. The van der Waals surface area contributed by atoms with Gasteiger partial charge >= 0.3 is 5.97 Å². The first-order valence-corrected chi connectivity index (χ1v) is 8.69. The van der Waals surface area contributed by atoms with Crippen molar-refractivity contribution in [2.24, 2.45) is 0 Å². The Morgan fingerprint density at radius 1 is 1.20 bits per heavy atom. The van der Waals surface area contributed by atoms with Gasteiger partial charge in [0.2, 0.25) is 0 Å². The number of rotatable bonds is 9. The Bertz CT molecular complexity index is 435. The number of carboxylic acid groups (broad SMARTS) is 1. The van der Waals surface area contributed by atoms with Crippen molar-refractivity contribution in [3.63, 3.8) is 0 Å². The largest absolute Gasteiger partial charge is 0.481 e. The van der Waals surface area contributed by atoms with Crippen molar-refractivity contribution in [3.05, 3.63) is 35.4 Å². The second-order valence-electron chi connectivity index (χ2n) is 4.04. The molecule has 6 heteroatoms. The summed E-state index contributed by atoms with van der Waals surface area (Å²) in [5.41, 5.74) is 1.85. The van der Waals surface area contributed by atoms with E-state index in [1.807, 2.05) is 36.0 Å². The molecule has 20 heavy (non-hydrogen) atoms. The molecule has 1 aromatic rings. The molecule has 0 fully saturated rings. The van der Waals surface area contributed by atoms with Crippen molar-refractivity contribution in [1.82, 2.24) is 5.32 Å². The molecular weight excluding hydrogens is 294 g/mol. The van der Waals surface area contributed by atoms with Crippen molar-refractivity contribution in [2.45, 2.75) is 12.7 Å². The van der Waals surface area contributed by atoms with E-state index in [1.54, 1.807) is 0 Å². The van der Waals surface area contributed by atoms with Crippen LogP contribution in [0.5, 0.6) is 0 Å². The average Bonchev–Trinajstić information content (AvgIpc) is 2.44. The van der Waals surface area contributed by atoms with Crippen LogP contribution in [0.2, 0.25) is 0 Å². The number of aliphatic carboxylic acids is 1. The molecule has 0 spiro atoms. The lowest BCUT2D eigenvalue weighted by molar-refractivity contribution is -0.133. The fourth-order valence-corrected chi connectivity index (χ4v) is 2.67. The predicted molar refractivity (Wildman–Crippen MR) is 85.6 cm³/mol. The maximum atomic E-state index is 11.8. The van der Waals surface area contributed by atoms with E-state index in [0.717, 1.165) is 11.5 Å². The lowest BCUT2D eigenvalue weighted by Gasteiger charge is -2.06. The van der Waals surface area contributed by atoms with Crippen LogP contribution in [0, 0.1) is 0 Å². The van der Waals surface area contributed by atoms with Gasteiger partial charge in [0, 0.05) is 23.6 Å². The molecule has 0 saturated carbocycles. The number of benzene rings is 1. The van der Waals surface area contributed by atoms with Crippen LogP contribution >= 0.6 is 23.5 Å². The Morgan fingerprint density at radius 3 is 2.50 bits per heavy atom. The Kier molecular flexibility index (Phi) is 8.22. The van der Waals surface area contributed by atoms with Crippen LogP contribution in [0.4, 0.5) is 0 Å². The first-order chi connectivity index (χ1) is 9.63. The summed E-state index contributed by atoms with van der Waals surface area (Å²) in [7, 11) is 0. The Hall–Kier alpha value is -1.14. The summed E-state index contributed by atoms with van der Waals surface area (Å²) in [6, 6.07) is 7.59. The summed E-state index contributed by atoms with van der Waals surface area (Å²) in [5.74, 6) is 1.76. The fraction of sp³-hybridized carbons (Fsp3) is 0.429. The zero-order valence-electron chi connectivity index (χ0n) is 11.4. The van der Waals surface area contributed by atoms with E-state index in [9.17, 15) is 9.59 Å². The SMILES string of the molecule is CCSCc1ccc(C(=O)NCCSCC(=O)O)cc1. The highest BCUT2D eigenvalue weighted by Gasteiger charge is 2.05. The molecule has 4 nitrogen and oxygen atoms in total. The molecular formula is C14H19NO3S2. The zero-order valence-corrected chi connectivity index (χ0v) is 13.1. The van der Waals surface area contributed by atoms with Crippen LogP contribution in [0.1, 0.15) is 22.8 Å². The minimum absolute atomic E-state index is 0.0691. The summed E-state index contributed by atoms with van der Waals surface area (Å²) in [6.45, 7) is 2.60. The topological polar surface area (TPSA) is 66.4 Å². The van der Waals surface area contributed by atoms with E-state index in [0.29, 0.717) is 17.9 Å². The molecule has 0 unspecified atom stereocenters. The van der Waals surface area contributed by atoms with Crippen LogP contribution in [-0.4, -0.2) is 40.8 Å². The summed E-state index contributed by atoms with van der Waals surface area (Å²) < 4.78 is 0. The molecule has 0 aliphatic heterocycles. The maximum absolute atomic E-state index is 11.8. The van der Waals surface area contributed by atoms with Gasteiger partial charge in [0.25, 0.3) is 5.91 Å². The molecule has 0 radical (unpaired) electrons. The highest BCUT2D eigenvalue weighted by atomic mass is 32.2. The average molecular weight is 313 g/mol. The fourth-order valence-electron chi connectivity index (χ4n) is 1.47. The second-order valence-corrected chi connectivity index (χ2v) is 6.42. The van der Waals surface area contributed by atoms with Gasteiger partial charge in [-0.05, 0) is 23.4 Å². The van der Waals surface area contributed by atoms with E-state index < -0.39 is 5.97 Å². The van der Waals surface area contributed by atoms with Crippen LogP contribution in [0.15, 0.2) is 24.3 Å². The van der Waals surface area contributed by atoms with Gasteiger partial charge in [-0.15, -0.1) is 11.8 Å². The zero-order chi connectivity index (χ0) is 14.8. The van der Waals surface area contributed by atoms with Gasteiger partial charge < -0.3 is 10.4 Å². The molecule has 0 heterocycles. The predicted octanol–water partition coefficient (Wildman–Crippen LogP) is 2.49. The quantitative estimate of drug-likeness (QED) is 0.686. The number of nitrogens with one attached hydrogen (secondary N) is 1. The van der Waals surface area contributed by atoms with Crippen molar-refractivity contribution in [2.75, 3.05) is 23.8 Å². The van der Waals surface area contributed by atoms with Gasteiger partial charge in [0.05, 0.1) is 5.75 Å². The first-order valence-electron chi connectivity index (χ1n) is 6.38. The van der Waals surface area contributed by atoms with Crippen molar-refractivity contribution in [1.29, 1.82) is 0 Å². The van der Waals surface area contributed by atoms with E-state index in [2.05, 4.69) is 12.2 Å². The molecule has 1 amide bonds. The molecule has 0 saturated heterocycles. The summed E-state index contributed by atoms with van der Waals surface area (Å²) in [5, 5.41) is 11.3. The molecule has 0 aliphatic carbocycles. The maximum Gasteiger partial charge on any atom is 0.313 e. The van der Waals surface area contributed by atoms with Gasteiger partial charge in [-0.25, -0.2) is 0 Å². The van der Waals surface area contributed by atoms with Crippen LogP contribution in [-0.2, 0) is 10.5 Å². The van der Waals surface area contributed by atoms with Crippen LogP contribution in [0.25, 0.3) is 0 Å². The number of hydrogen-bond donors (Lipinski definition) is 2. The number of amides is 1. The van der Waals surface area contributed by atoms with Gasteiger partial charge in [-0.1, -0.05) is 19.1 Å². The molecule has 0 bridgehead atoms. The standard InChI is InChI=1S/C14H19NO3S2/c1-2-19-9-11-3-5-12(6-4-11)14(18)15-7-8-20-10-13(16)17/h3-6H,2,7-10H2,1H3,(H,15,18)(H,16,17). The van der Waals surface area contributed by atoms with E-state index in [4.69, 9.17) is 5.11 Å². The first kappa shape index (κ1) is 16.9. The minimum atomic E-state index is -0.832. The molecule has 0 aliphatic rings. The van der Waals surface area contributed by atoms with E-state index in [-0.39, 0.29) is 11.7 Å².